The molecule has 0 spiro atoms. The van der Waals surface area contributed by atoms with Crippen LogP contribution in [0.2, 0.25) is 0 Å². The monoisotopic (exact) mass is 264 g/mol. The Morgan fingerprint density at radius 3 is 2.71 bits per heavy atom. The summed E-state index contributed by atoms with van der Waals surface area (Å²) in [7, 11) is -2.86. The Morgan fingerprint density at radius 2 is 2.24 bits per heavy atom. The zero-order valence-corrected chi connectivity index (χ0v) is 11.5. The van der Waals surface area contributed by atoms with E-state index in [4.69, 9.17) is 10.6 Å². The van der Waals surface area contributed by atoms with Crippen molar-refractivity contribution in [1.82, 2.24) is 5.43 Å². The molecule has 6 heteroatoms. The topological polar surface area (TPSA) is 81.4 Å². The van der Waals surface area contributed by atoms with E-state index in [0.717, 1.165) is 19.4 Å². The third-order valence-electron chi connectivity index (χ3n) is 3.58. The maximum Gasteiger partial charge on any atom is 0.150 e. The molecule has 1 aliphatic rings. The molecule has 3 unspecified atom stereocenters. The minimum absolute atomic E-state index is 0.152. The predicted molar refractivity (Wildman–Crippen MR) is 68.2 cm³/mol. The fraction of sp³-hybridized carbons (Fsp3) is 1.00. The van der Waals surface area contributed by atoms with Crippen LogP contribution < -0.4 is 11.3 Å². The maximum atomic E-state index is 11.4. The molecule has 0 aromatic carbocycles. The highest BCUT2D eigenvalue weighted by Gasteiger charge is 2.31. The smallest absolute Gasteiger partial charge is 0.150 e. The molecule has 0 saturated carbocycles. The second kappa shape index (κ2) is 6.68. The third kappa shape index (κ3) is 4.54. The Hall–Kier alpha value is -0.170. The molecule has 1 aliphatic heterocycles. The second-order valence-electron chi connectivity index (χ2n) is 4.68. The zero-order valence-electron chi connectivity index (χ0n) is 10.7. The third-order valence-corrected chi connectivity index (χ3v) is 5.37. The number of nitrogens with two attached hydrogens (primary N) is 1. The van der Waals surface area contributed by atoms with Crippen LogP contribution in [0.25, 0.3) is 0 Å². The van der Waals surface area contributed by atoms with Gasteiger partial charge in [-0.05, 0) is 26.2 Å². The molecule has 0 bridgehead atoms. The van der Waals surface area contributed by atoms with E-state index in [0.29, 0.717) is 12.3 Å². The number of rotatable bonds is 7. The Morgan fingerprint density at radius 1 is 1.53 bits per heavy atom. The van der Waals surface area contributed by atoms with E-state index in [2.05, 4.69) is 5.43 Å². The van der Waals surface area contributed by atoms with Gasteiger partial charge in [0.15, 0.2) is 0 Å². The van der Waals surface area contributed by atoms with Crippen molar-refractivity contribution in [2.45, 2.75) is 45.3 Å². The Labute approximate surface area is 104 Å². The lowest BCUT2D eigenvalue weighted by Gasteiger charge is -2.24. The Bertz CT molecular complexity index is 319. The van der Waals surface area contributed by atoms with Crippen LogP contribution in [-0.2, 0) is 14.6 Å². The summed E-state index contributed by atoms with van der Waals surface area (Å²) in [6.07, 6.45) is 2.65. The lowest BCUT2D eigenvalue weighted by Crippen LogP contribution is -2.43. The van der Waals surface area contributed by atoms with Crippen LogP contribution >= 0.6 is 0 Å². The van der Waals surface area contributed by atoms with E-state index in [1.807, 2.05) is 6.92 Å². The van der Waals surface area contributed by atoms with Gasteiger partial charge in [0.25, 0.3) is 0 Å². The van der Waals surface area contributed by atoms with Crippen LogP contribution in [0.1, 0.15) is 33.1 Å². The van der Waals surface area contributed by atoms with E-state index in [9.17, 15) is 8.42 Å². The van der Waals surface area contributed by atoms with Gasteiger partial charge in [-0.3, -0.25) is 11.3 Å². The maximum absolute atomic E-state index is 11.4. The SMILES string of the molecule is CCS(=O)(=O)CCCC(NN)C1CCOC1C. The fourth-order valence-corrected chi connectivity index (χ4v) is 3.26. The number of hydrazine groups is 1. The van der Waals surface area contributed by atoms with Crippen LogP contribution in [0.4, 0.5) is 0 Å². The summed E-state index contributed by atoms with van der Waals surface area (Å²) in [6.45, 7) is 4.50. The van der Waals surface area contributed by atoms with Gasteiger partial charge in [0, 0.05) is 24.3 Å². The minimum atomic E-state index is -2.86. The van der Waals surface area contributed by atoms with Gasteiger partial charge in [0.2, 0.25) is 0 Å². The van der Waals surface area contributed by atoms with Crippen molar-refractivity contribution in [3.8, 4) is 0 Å². The van der Waals surface area contributed by atoms with Crippen LogP contribution in [0.5, 0.6) is 0 Å². The molecule has 1 saturated heterocycles. The lowest BCUT2D eigenvalue weighted by atomic mass is 9.91. The molecule has 0 radical (unpaired) electrons. The first kappa shape index (κ1) is 14.9. The summed E-state index contributed by atoms with van der Waals surface area (Å²) in [5.74, 6) is 6.41. The largest absolute Gasteiger partial charge is 0.378 e. The van der Waals surface area contributed by atoms with Crippen molar-refractivity contribution in [1.29, 1.82) is 0 Å². The molecule has 0 aliphatic carbocycles. The quantitative estimate of drug-likeness (QED) is 0.515. The summed E-state index contributed by atoms with van der Waals surface area (Å²) < 4.78 is 28.3. The number of ether oxygens (including phenoxy) is 1. The second-order valence-corrected chi connectivity index (χ2v) is 7.15. The molecule has 3 N–H and O–H groups in total. The molecule has 1 fully saturated rings. The molecule has 102 valence electrons. The van der Waals surface area contributed by atoms with E-state index in [1.165, 1.54) is 0 Å². The summed E-state index contributed by atoms with van der Waals surface area (Å²) >= 11 is 0. The van der Waals surface area contributed by atoms with E-state index < -0.39 is 9.84 Å². The van der Waals surface area contributed by atoms with E-state index in [-0.39, 0.29) is 23.7 Å². The molecular weight excluding hydrogens is 240 g/mol. The molecule has 1 heterocycles. The number of sulfone groups is 1. The summed E-state index contributed by atoms with van der Waals surface area (Å²) in [6, 6.07) is 0.152. The van der Waals surface area contributed by atoms with Crippen molar-refractivity contribution in [2.75, 3.05) is 18.1 Å². The van der Waals surface area contributed by atoms with Crippen molar-refractivity contribution < 1.29 is 13.2 Å². The van der Waals surface area contributed by atoms with Gasteiger partial charge in [-0.15, -0.1) is 0 Å². The van der Waals surface area contributed by atoms with Gasteiger partial charge in [-0.25, -0.2) is 8.42 Å². The van der Waals surface area contributed by atoms with Crippen molar-refractivity contribution in [2.24, 2.45) is 11.8 Å². The molecule has 5 nitrogen and oxygen atoms in total. The first-order valence-electron chi connectivity index (χ1n) is 6.28. The van der Waals surface area contributed by atoms with Crippen molar-refractivity contribution >= 4 is 9.84 Å². The highest BCUT2D eigenvalue weighted by molar-refractivity contribution is 7.91. The molecule has 0 aromatic rings. The van der Waals surface area contributed by atoms with E-state index in [1.54, 1.807) is 6.92 Å². The van der Waals surface area contributed by atoms with Crippen LogP contribution in [0.3, 0.4) is 0 Å². The Kier molecular flexibility index (Phi) is 5.85. The fourth-order valence-electron chi connectivity index (χ4n) is 2.37. The standard InChI is InChI=1S/C11H24N2O3S/c1-3-17(14,15)8-4-5-11(13-12)10-6-7-16-9(10)2/h9-11,13H,3-8,12H2,1-2H3. The number of hydrogen-bond acceptors (Lipinski definition) is 5. The van der Waals surface area contributed by atoms with Gasteiger partial charge < -0.3 is 4.74 Å². The highest BCUT2D eigenvalue weighted by atomic mass is 32.2. The predicted octanol–water partition coefficient (Wildman–Crippen LogP) is 0.458. The van der Waals surface area contributed by atoms with Gasteiger partial charge in [0.05, 0.1) is 11.9 Å². The zero-order chi connectivity index (χ0) is 12.9. The molecule has 17 heavy (non-hydrogen) atoms. The van der Waals surface area contributed by atoms with E-state index >= 15 is 0 Å². The first-order chi connectivity index (χ1) is 8.00. The summed E-state index contributed by atoms with van der Waals surface area (Å²) in [5.41, 5.74) is 2.80. The van der Waals surface area contributed by atoms with Crippen molar-refractivity contribution in [3.05, 3.63) is 0 Å². The molecular formula is C11H24N2O3S. The van der Waals surface area contributed by atoms with Gasteiger partial charge >= 0.3 is 0 Å². The average molecular weight is 264 g/mol. The van der Waals surface area contributed by atoms with Gasteiger partial charge in [-0.2, -0.15) is 0 Å². The Balaban J connectivity index is 2.37. The number of hydrogen-bond donors (Lipinski definition) is 2. The normalized spacial score (nSPS) is 27.2. The summed E-state index contributed by atoms with van der Waals surface area (Å²) in [5, 5.41) is 0. The molecule has 3 atom stereocenters. The van der Waals surface area contributed by atoms with Gasteiger partial charge in [0.1, 0.15) is 9.84 Å². The molecule has 0 amide bonds. The minimum Gasteiger partial charge on any atom is -0.378 e. The van der Waals surface area contributed by atoms with Gasteiger partial charge in [-0.1, -0.05) is 6.92 Å². The van der Waals surface area contributed by atoms with Crippen LogP contribution in [-0.4, -0.2) is 38.7 Å². The molecule has 1 rings (SSSR count). The van der Waals surface area contributed by atoms with Crippen LogP contribution in [0, 0.1) is 5.92 Å². The number of nitrogens with one attached hydrogen (secondary N) is 1. The highest BCUT2D eigenvalue weighted by Crippen LogP contribution is 2.25. The molecule has 0 aromatic heterocycles. The lowest BCUT2D eigenvalue weighted by molar-refractivity contribution is 0.0942. The van der Waals surface area contributed by atoms with Crippen molar-refractivity contribution in [3.63, 3.8) is 0 Å². The summed E-state index contributed by atoms with van der Waals surface area (Å²) in [4.78, 5) is 0. The average Bonchev–Trinajstić information content (AvgIpc) is 2.71. The first-order valence-corrected chi connectivity index (χ1v) is 8.10. The van der Waals surface area contributed by atoms with Crippen LogP contribution in [0.15, 0.2) is 0 Å².